The second-order valence-electron chi connectivity index (χ2n) is 9.08. The molecule has 33 heavy (non-hydrogen) atoms. The molecule has 1 fully saturated rings. The number of amides is 1. The smallest absolute Gasteiger partial charge is 0.248 e. The quantitative estimate of drug-likeness (QED) is 0.316. The van der Waals surface area contributed by atoms with E-state index in [1.165, 1.54) is 5.56 Å². The van der Waals surface area contributed by atoms with E-state index in [2.05, 4.69) is 41.7 Å². The molecule has 4 rings (SSSR count). The fourth-order valence-corrected chi connectivity index (χ4v) is 5.26. The van der Waals surface area contributed by atoms with Gasteiger partial charge in [-0.15, -0.1) is 0 Å². The molecule has 0 aromatic heterocycles. The first-order valence-corrected chi connectivity index (χ1v) is 11.5. The molecule has 0 saturated carbocycles. The van der Waals surface area contributed by atoms with E-state index in [9.17, 15) is 4.79 Å². The van der Waals surface area contributed by atoms with Crippen molar-refractivity contribution in [2.45, 2.75) is 37.1 Å². The first-order chi connectivity index (χ1) is 16.0. The van der Waals surface area contributed by atoms with Gasteiger partial charge in [0.25, 0.3) is 0 Å². The zero-order chi connectivity index (χ0) is 23.3. The van der Waals surface area contributed by atoms with Crippen molar-refractivity contribution < 1.29 is 4.79 Å². The zero-order valence-electron chi connectivity index (χ0n) is 18.8. The Bertz CT molecular complexity index is 1100. The van der Waals surface area contributed by atoms with Gasteiger partial charge in [-0.1, -0.05) is 72.8 Å². The Kier molecular flexibility index (Phi) is 6.90. The maximum Gasteiger partial charge on any atom is 0.248 e. The first-order valence-electron chi connectivity index (χ1n) is 11.5. The number of nitrogens with one attached hydrogen (secondary N) is 2. The topological polar surface area (TPSA) is 105 Å². The molecule has 5 nitrogen and oxygen atoms in total. The number of piperidine rings is 1. The molecule has 6 N–H and O–H groups in total. The Morgan fingerprint density at radius 1 is 0.939 bits per heavy atom. The number of hydrogen-bond acceptors (Lipinski definition) is 3. The van der Waals surface area contributed by atoms with Gasteiger partial charge in [0.2, 0.25) is 5.91 Å². The van der Waals surface area contributed by atoms with Gasteiger partial charge in [-0.2, -0.15) is 0 Å². The van der Waals surface area contributed by atoms with Crippen LogP contribution in [-0.2, 0) is 18.3 Å². The predicted octanol–water partition coefficient (Wildman–Crippen LogP) is 3.81. The molecule has 0 aliphatic carbocycles. The molecule has 1 heterocycles. The molecular weight excluding hydrogens is 408 g/mol. The molecule has 0 bridgehead atoms. The summed E-state index contributed by atoms with van der Waals surface area (Å²) >= 11 is 0. The highest BCUT2D eigenvalue weighted by atomic mass is 16.1. The van der Waals surface area contributed by atoms with Crippen LogP contribution in [0.2, 0.25) is 0 Å². The number of rotatable bonds is 8. The van der Waals surface area contributed by atoms with Crippen LogP contribution in [0.15, 0.2) is 84.9 Å². The summed E-state index contributed by atoms with van der Waals surface area (Å²) in [6.07, 6.45) is 3.53. The van der Waals surface area contributed by atoms with Crippen LogP contribution >= 0.6 is 0 Å². The Labute approximate surface area is 195 Å². The van der Waals surface area contributed by atoms with Crippen LogP contribution in [0.25, 0.3) is 0 Å². The lowest BCUT2D eigenvalue weighted by Gasteiger charge is -2.45. The van der Waals surface area contributed by atoms with Crippen molar-refractivity contribution in [1.82, 2.24) is 5.32 Å². The Morgan fingerprint density at radius 2 is 1.61 bits per heavy atom. The lowest BCUT2D eigenvalue weighted by Crippen LogP contribution is -2.59. The third-order valence-electron chi connectivity index (χ3n) is 6.94. The fraction of sp³-hybridized carbons (Fsp3) is 0.286. The van der Waals surface area contributed by atoms with Gasteiger partial charge in [0.15, 0.2) is 0 Å². The van der Waals surface area contributed by atoms with Crippen molar-refractivity contribution in [2.24, 2.45) is 17.4 Å². The van der Waals surface area contributed by atoms with E-state index >= 15 is 0 Å². The highest BCUT2D eigenvalue weighted by molar-refractivity contribution is 5.93. The van der Waals surface area contributed by atoms with E-state index in [4.69, 9.17) is 16.9 Å². The number of hydrogen-bond donors (Lipinski definition) is 4. The van der Waals surface area contributed by atoms with Crippen molar-refractivity contribution in [3.8, 4) is 0 Å². The minimum Gasteiger partial charge on any atom is -0.387 e. The summed E-state index contributed by atoms with van der Waals surface area (Å²) in [5.41, 5.74) is 15.0. The Balaban J connectivity index is 1.71. The van der Waals surface area contributed by atoms with Gasteiger partial charge in [0, 0.05) is 11.6 Å². The van der Waals surface area contributed by atoms with E-state index in [0.29, 0.717) is 17.9 Å². The van der Waals surface area contributed by atoms with E-state index in [0.717, 1.165) is 36.9 Å². The summed E-state index contributed by atoms with van der Waals surface area (Å²) in [7, 11) is 0. The van der Waals surface area contributed by atoms with E-state index in [1.807, 2.05) is 42.5 Å². The van der Waals surface area contributed by atoms with Crippen molar-refractivity contribution >= 4 is 11.7 Å². The molecule has 170 valence electrons. The van der Waals surface area contributed by atoms with Gasteiger partial charge in [0.05, 0.1) is 5.41 Å². The third kappa shape index (κ3) is 4.99. The maximum atomic E-state index is 11.8. The summed E-state index contributed by atoms with van der Waals surface area (Å²) in [6.45, 7) is 0.880. The van der Waals surface area contributed by atoms with Crippen LogP contribution in [-0.4, -0.2) is 24.3 Å². The summed E-state index contributed by atoms with van der Waals surface area (Å²) in [5.74, 6) is 0.179. The third-order valence-corrected chi connectivity index (χ3v) is 6.94. The average Bonchev–Trinajstić information content (AvgIpc) is 2.84. The zero-order valence-corrected chi connectivity index (χ0v) is 18.8. The van der Waals surface area contributed by atoms with Gasteiger partial charge < -0.3 is 16.8 Å². The van der Waals surface area contributed by atoms with E-state index in [1.54, 1.807) is 6.07 Å². The molecular formula is C28H32N4O. The monoisotopic (exact) mass is 440 g/mol. The van der Waals surface area contributed by atoms with Crippen LogP contribution in [0.1, 0.15) is 39.9 Å². The molecule has 5 heteroatoms. The summed E-state index contributed by atoms with van der Waals surface area (Å²) in [5, 5.41) is 12.5. The molecule has 3 aromatic carbocycles. The molecule has 3 atom stereocenters. The lowest BCUT2D eigenvalue weighted by atomic mass is 9.65. The number of amidine groups is 1. The largest absolute Gasteiger partial charge is 0.387 e. The van der Waals surface area contributed by atoms with Crippen LogP contribution in [0.5, 0.6) is 0 Å². The van der Waals surface area contributed by atoms with Crippen LogP contribution in [0, 0.1) is 11.3 Å². The second-order valence-corrected chi connectivity index (χ2v) is 9.08. The number of carbonyl (C=O) groups excluding carboxylic acids is 1. The van der Waals surface area contributed by atoms with Crippen molar-refractivity contribution in [1.29, 1.82) is 5.41 Å². The summed E-state index contributed by atoms with van der Waals surface area (Å²) in [6, 6.07) is 28.0. The summed E-state index contributed by atoms with van der Waals surface area (Å²) in [4.78, 5) is 11.8. The van der Waals surface area contributed by atoms with Crippen LogP contribution < -0.4 is 16.8 Å². The fourth-order valence-electron chi connectivity index (χ4n) is 5.26. The number of primary amides is 1. The normalized spacial score (nSPS) is 20.0. The Morgan fingerprint density at radius 3 is 2.27 bits per heavy atom. The van der Waals surface area contributed by atoms with Gasteiger partial charge in [-0.3, -0.25) is 10.2 Å². The Hall–Kier alpha value is -3.44. The molecule has 0 spiro atoms. The number of nitrogens with two attached hydrogens (primary N) is 2. The van der Waals surface area contributed by atoms with Gasteiger partial charge in [-0.25, -0.2) is 0 Å². The second kappa shape index (κ2) is 10.0. The minimum atomic E-state index is -0.729. The van der Waals surface area contributed by atoms with Gasteiger partial charge >= 0.3 is 0 Å². The molecule has 0 radical (unpaired) electrons. The lowest BCUT2D eigenvalue weighted by molar-refractivity contribution is 0.1000. The maximum absolute atomic E-state index is 11.8. The minimum absolute atomic E-state index is 0.00269. The van der Waals surface area contributed by atoms with Gasteiger partial charge in [0.1, 0.15) is 5.84 Å². The molecule has 3 aromatic rings. The molecule has 1 saturated heterocycles. The number of carbonyl (C=O) groups is 1. The first kappa shape index (κ1) is 22.7. The van der Waals surface area contributed by atoms with Crippen molar-refractivity contribution in [3.05, 3.63) is 107 Å². The van der Waals surface area contributed by atoms with Crippen LogP contribution in [0.4, 0.5) is 0 Å². The predicted molar refractivity (Wildman–Crippen MR) is 133 cm³/mol. The van der Waals surface area contributed by atoms with Crippen molar-refractivity contribution in [3.63, 3.8) is 0 Å². The molecule has 3 unspecified atom stereocenters. The van der Waals surface area contributed by atoms with Crippen LogP contribution in [0.3, 0.4) is 0 Å². The van der Waals surface area contributed by atoms with E-state index < -0.39 is 11.3 Å². The average molecular weight is 441 g/mol. The molecule has 1 aliphatic rings. The summed E-state index contributed by atoms with van der Waals surface area (Å²) < 4.78 is 0. The number of benzene rings is 3. The standard InChI is InChI=1S/C28H32N4O/c29-26(33)23-11-7-10-22(17-23)19-28(27(30)31,24-12-5-2-6-13-24)25-18-21(14-15-32-25)16-20-8-3-1-4-9-20/h1-13,17,21,25,32H,14-16,18-19H2,(H2,29,33)(H3,30,31). The molecule has 1 amide bonds. The van der Waals surface area contributed by atoms with Gasteiger partial charge in [-0.05, 0) is 67.0 Å². The highest BCUT2D eigenvalue weighted by Crippen LogP contribution is 2.38. The SMILES string of the molecule is N=C(N)C(Cc1cccc(C(N)=O)c1)(c1ccccc1)C1CC(Cc2ccccc2)CCN1. The highest BCUT2D eigenvalue weighted by Gasteiger charge is 2.45. The van der Waals surface area contributed by atoms with E-state index in [-0.39, 0.29) is 11.9 Å². The molecule has 1 aliphatic heterocycles. The van der Waals surface area contributed by atoms with Crippen molar-refractivity contribution in [2.75, 3.05) is 6.54 Å².